The van der Waals surface area contributed by atoms with Crippen molar-refractivity contribution < 1.29 is 115 Å². The number of aliphatic hydroxyl groups is 2. The predicted octanol–water partition coefficient (Wildman–Crippen LogP) is 8.76. The fourth-order valence-electron chi connectivity index (χ4n) is 15.5. The lowest BCUT2D eigenvalue weighted by Crippen LogP contribution is -2.50. The summed E-state index contributed by atoms with van der Waals surface area (Å²) in [5.41, 5.74) is 9.38. The Labute approximate surface area is 723 Å². The van der Waals surface area contributed by atoms with Gasteiger partial charge in [-0.3, -0.25) is 29.5 Å². The molecule has 3 aromatic heterocycles. The molecule has 0 radical (unpaired) electrons. The van der Waals surface area contributed by atoms with E-state index in [4.69, 9.17) is 82.2 Å². The average molecular weight is 1730 g/mol. The van der Waals surface area contributed by atoms with Gasteiger partial charge in [0, 0.05) is 87.4 Å². The van der Waals surface area contributed by atoms with Gasteiger partial charge in [-0.25, -0.2) is 29.3 Å². The van der Waals surface area contributed by atoms with E-state index in [-0.39, 0.29) is 110 Å². The molecule has 7 heterocycles. The molecule has 3 saturated heterocycles. The molecule has 0 spiro atoms. The van der Waals surface area contributed by atoms with Crippen molar-refractivity contribution in [2.24, 2.45) is 23.7 Å². The number of nitrogens with one attached hydrogen (secondary N) is 4. The van der Waals surface area contributed by atoms with Gasteiger partial charge in [-0.15, -0.1) is 0 Å². The van der Waals surface area contributed by atoms with Crippen molar-refractivity contribution in [2.45, 2.75) is 205 Å². The van der Waals surface area contributed by atoms with E-state index in [1.165, 1.54) is 17.3 Å². The second-order valence-corrected chi connectivity index (χ2v) is 32.1. The first kappa shape index (κ1) is 100. The number of aliphatic hydroxyl groups excluding tert-OH is 2. The SMILES string of the molecule is CO[C@H]1CC2CCCC(O2)C(=O)COC(=O)N2CCCC[C@H]2C(=O)O[C@H](CCC2CCC(OC(=O)NCCOCCOCCOCCOCCOCCOCCOCCOCCOCCOCCC(=O)N3CCC(Nc4ncnc(N)c4C(=N)c4cnc5[nH]ccc5c4)CC3)CC2)CC(=O)[C@H](C)/C=C(\C)C(O)[C@@H](O)C(=O)[C@H](C)C[C@H](C)/C=C/C=C/C=C/1C. The number of fused-ring (bicyclic) bond motifs is 4. The monoisotopic (exact) mass is 1730 g/mol. The fourth-order valence-corrected chi connectivity index (χ4v) is 15.5. The van der Waals surface area contributed by atoms with Gasteiger partial charge in [0.25, 0.3) is 0 Å². The molecule has 3 aromatic rings. The Morgan fingerprint density at radius 1 is 0.667 bits per heavy atom. The lowest BCUT2D eigenvalue weighted by atomic mass is 9.83. The number of aromatic nitrogens is 4. The minimum atomic E-state index is -1.72. The number of H-pyrrole nitrogens is 1. The third-order valence-electron chi connectivity index (χ3n) is 22.6. The van der Waals surface area contributed by atoms with Crippen LogP contribution in [0.3, 0.4) is 0 Å². The van der Waals surface area contributed by atoms with E-state index >= 15 is 0 Å². The van der Waals surface area contributed by atoms with Gasteiger partial charge in [0.15, 0.2) is 18.2 Å². The maximum Gasteiger partial charge on any atom is 0.410 e. The lowest BCUT2D eigenvalue weighted by molar-refractivity contribution is -0.158. The number of Topliss-reactive ketones (excluding diaryl/α,β-unsaturated/α-hetero) is 3. The van der Waals surface area contributed by atoms with Gasteiger partial charge in [0.1, 0.15) is 66.0 Å². The van der Waals surface area contributed by atoms with Crippen molar-refractivity contribution in [3.8, 4) is 0 Å². The molecule has 4 fully saturated rings. The smallest absolute Gasteiger partial charge is 0.410 e. The van der Waals surface area contributed by atoms with Crippen LogP contribution in [0.15, 0.2) is 78.5 Å². The number of piperidine rings is 2. The topological polar surface area (TPSA) is 433 Å². The molecule has 686 valence electrons. The summed E-state index contributed by atoms with van der Waals surface area (Å²) in [4.78, 5) is 114. The first-order valence-corrected chi connectivity index (χ1v) is 44.0. The summed E-state index contributed by atoms with van der Waals surface area (Å²) in [6.07, 6.45) is 18.2. The highest BCUT2D eigenvalue weighted by Gasteiger charge is 2.39. The van der Waals surface area contributed by atoms with Crippen molar-refractivity contribution in [1.29, 1.82) is 5.41 Å². The summed E-state index contributed by atoms with van der Waals surface area (Å²) in [7, 11) is 1.63. The maximum absolute atomic E-state index is 14.3. The van der Waals surface area contributed by atoms with Crippen molar-refractivity contribution in [3.63, 3.8) is 0 Å². The number of amides is 3. The number of alkyl carbamates (subject to hydrolysis) is 1. The van der Waals surface area contributed by atoms with Crippen molar-refractivity contribution >= 4 is 69.8 Å². The number of hydrogen-bond donors (Lipinski definition) is 7. The predicted molar refractivity (Wildman–Crippen MR) is 457 cm³/mol. The Hall–Kier alpha value is -8.07. The number of pyridine rings is 1. The Morgan fingerprint density at radius 2 is 1.28 bits per heavy atom. The van der Waals surface area contributed by atoms with Crippen LogP contribution in [0.1, 0.15) is 161 Å². The molecule has 8 N–H and O–H groups in total. The standard InChI is InChI=1S/C89H136N10O24/c1-61-13-8-7-9-14-62(2)77(109-6)57-71-15-12-17-76(121-71)75(101)59-120-89(108)99-30-11-10-16-73(99)87(106)122-72(56-74(100)63(3)54-65(5)82(104)83(105)81(103)64(4)53-61)23-20-66-18-21-70(22-19-66)123-88(107)93-29-34-111-36-38-113-40-42-115-44-46-117-48-50-119-52-51-118-49-47-116-45-43-114-41-39-112-37-35-110-33-27-78(102)98-31-25-69(26-32-98)97-86-79(84(91)95-60-96-86)80(90)68-55-67-24-28-92-85(67)94-58-68/h7-9,13-14,24,28,54-55,58,60-61,63-64,66,69-73,76-77,82-83,90,104-105H,10-12,15-23,25-27,29-53,56-57,59H2,1-6H3,(H,92,94)(H,93,107)(H3,91,95,96,97)/b9-7+,13-8+,62-14+,65-54+,90-80?/t61-,63-,64-,66?,70?,71?,72-,73+,76?,77+,82?,83+/m1/s1. The molecule has 34 nitrogen and oxygen atoms in total. The van der Waals surface area contributed by atoms with E-state index in [1.807, 2.05) is 61.3 Å². The summed E-state index contributed by atoms with van der Waals surface area (Å²) >= 11 is 0. The second-order valence-electron chi connectivity index (χ2n) is 32.1. The molecule has 2 bridgehead atoms. The molecule has 10 atom stereocenters. The summed E-state index contributed by atoms with van der Waals surface area (Å²) < 4.78 is 85.7. The highest BCUT2D eigenvalue weighted by molar-refractivity contribution is 6.17. The maximum atomic E-state index is 14.3. The fraction of sp³-hybridized carbons (Fsp3) is 0.697. The van der Waals surface area contributed by atoms with Crippen molar-refractivity contribution in [3.05, 3.63) is 89.6 Å². The zero-order valence-corrected chi connectivity index (χ0v) is 73.0. The molecule has 5 aliphatic rings. The van der Waals surface area contributed by atoms with Gasteiger partial charge in [-0.05, 0) is 145 Å². The Bertz CT molecular complexity index is 3810. The van der Waals surface area contributed by atoms with E-state index < -0.39 is 72.8 Å². The number of methoxy groups -OCH3 is 1. The van der Waals surface area contributed by atoms with Gasteiger partial charge >= 0.3 is 18.2 Å². The highest BCUT2D eigenvalue weighted by atomic mass is 16.6. The second kappa shape index (κ2) is 56.8. The van der Waals surface area contributed by atoms with E-state index in [0.29, 0.717) is 226 Å². The summed E-state index contributed by atoms with van der Waals surface area (Å²) in [6, 6.07) is 2.79. The summed E-state index contributed by atoms with van der Waals surface area (Å²) in [5, 5.41) is 38.4. The van der Waals surface area contributed by atoms with Gasteiger partial charge in [0.05, 0.1) is 162 Å². The minimum absolute atomic E-state index is 0.0377. The Kier molecular flexibility index (Phi) is 46.3. The van der Waals surface area contributed by atoms with Crippen LogP contribution < -0.4 is 16.4 Å². The molecule has 123 heavy (non-hydrogen) atoms. The number of aromatic amines is 1. The number of likely N-dealkylation sites (tertiary alicyclic amines) is 1. The number of nitrogens with two attached hydrogens (primary N) is 1. The number of rotatable bonds is 42. The molecule has 8 rings (SSSR count). The molecule has 3 amide bonds. The van der Waals surface area contributed by atoms with Crippen LogP contribution in [-0.2, 0) is 95.0 Å². The molecular formula is C89H136N10O24. The number of cyclic esters (lactones) is 2. The van der Waals surface area contributed by atoms with Gasteiger partial charge in [-0.2, -0.15) is 0 Å². The number of nitrogen functional groups attached to an aromatic ring is 1. The third-order valence-corrected chi connectivity index (χ3v) is 22.6. The number of allylic oxidation sites excluding steroid dienone is 6. The number of anilines is 2. The van der Waals surface area contributed by atoms with Crippen LogP contribution in [0.2, 0.25) is 0 Å². The number of hydrogen-bond acceptors (Lipinski definition) is 30. The summed E-state index contributed by atoms with van der Waals surface area (Å²) in [5.74, 6) is -2.43. The molecule has 4 aliphatic heterocycles. The van der Waals surface area contributed by atoms with Crippen LogP contribution in [0.25, 0.3) is 11.0 Å². The zero-order valence-electron chi connectivity index (χ0n) is 73.0. The highest BCUT2D eigenvalue weighted by Crippen LogP contribution is 2.34. The Balaban J connectivity index is 0.590. The molecule has 34 heteroatoms. The number of nitrogens with zero attached hydrogens (tertiary/aromatic N) is 5. The van der Waals surface area contributed by atoms with Gasteiger partial charge in [0.2, 0.25) is 5.91 Å². The van der Waals surface area contributed by atoms with Crippen molar-refractivity contribution in [1.82, 2.24) is 35.1 Å². The zero-order chi connectivity index (χ0) is 87.9. The molecule has 1 saturated carbocycles. The third kappa shape index (κ3) is 36.4. The molecule has 3 unspecified atom stereocenters. The molecule has 0 aromatic carbocycles. The van der Waals surface area contributed by atoms with Crippen LogP contribution in [0.5, 0.6) is 0 Å². The van der Waals surface area contributed by atoms with Crippen LogP contribution in [-0.4, -0.2) is 314 Å². The quantitative estimate of drug-likeness (QED) is 0.00915. The van der Waals surface area contributed by atoms with Crippen LogP contribution in [0, 0.1) is 29.1 Å². The molecule has 1 aliphatic carbocycles. The van der Waals surface area contributed by atoms with E-state index in [1.54, 1.807) is 40.3 Å². The van der Waals surface area contributed by atoms with E-state index in [2.05, 4.69) is 30.6 Å². The first-order valence-electron chi connectivity index (χ1n) is 44.0. The number of ketones is 3. The summed E-state index contributed by atoms with van der Waals surface area (Å²) in [6.45, 7) is 17.7. The van der Waals surface area contributed by atoms with Crippen LogP contribution in [0.4, 0.5) is 21.2 Å². The minimum Gasteiger partial charge on any atom is -0.460 e. The number of carbonyl (C=O) groups is 7. The molecular weight excluding hydrogens is 1590 g/mol. The lowest BCUT2D eigenvalue weighted by Gasteiger charge is -2.35. The number of ether oxygens (including phenoxy) is 15. The van der Waals surface area contributed by atoms with Gasteiger partial charge < -0.3 is 108 Å². The largest absolute Gasteiger partial charge is 0.460 e. The average Bonchev–Trinajstić information content (AvgIpc) is 1.75. The van der Waals surface area contributed by atoms with Gasteiger partial charge in [-0.1, -0.05) is 57.2 Å². The Morgan fingerprint density at radius 3 is 1.91 bits per heavy atom. The first-order chi connectivity index (χ1) is 59.6. The number of carbonyl (C=O) groups excluding carboxylic acids is 7. The van der Waals surface area contributed by atoms with Crippen molar-refractivity contribution in [2.75, 3.05) is 183 Å². The normalized spacial score (nSPS) is 25.8. The van der Waals surface area contributed by atoms with E-state index in [9.17, 15) is 43.8 Å². The van der Waals surface area contributed by atoms with Crippen LogP contribution >= 0.6 is 0 Å². The number of esters is 1. The van der Waals surface area contributed by atoms with E-state index in [0.717, 1.165) is 42.3 Å².